The summed E-state index contributed by atoms with van der Waals surface area (Å²) >= 11 is 0. The summed E-state index contributed by atoms with van der Waals surface area (Å²) in [4.78, 5) is 0.284. The molecule has 2 aromatic rings. The molecule has 3 rings (SSSR count). The fraction of sp³-hybridized carbons (Fsp3) is 0.429. The molecule has 1 aliphatic heterocycles. The molecule has 0 atom stereocenters. The maximum atomic E-state index is 12.6. The van der Waals surface area contributed by atoms with Gasteiger partial charge >= 0.3 is 0 Å². The standard InChI is InChI=1S/C21H27NO4S/c1-21(2,3)18-6-4-17(5-7-18)16-26-19-8-10-20(11-9-19)27(23,24)22-12-14-25-15-13-22/h4-11H,12-16H2,1-3H3. The van der Waals surface area contributed by atoms with Crippen LogP contribution in [0.1, 0.15) is 31.9 Å². The van der Waals surface area contributed by atoms with Crippen molar-refractivity contribution >= 4 is 10.0 Å². The molecule has 27 heavy (non-hydrogen) atoms. The van der Waals surface area contributed by atoms with Gasteiger partial charge in [-0.2, -0.15) is 4.31 Å². The number of morpholine rings is 1. The summed E-state index contributed by atoms with van der Waals surface area (Å²) in [5.74, 6) is 0.649. The lowest BCUT2D eigenvalue weighted by molar-refractivity contribution is 0.0730. The third kappa shape index (κ3) is 4.89. The van der Waals surface area contributed by atoms with E-state index in [1.807, 2.05) is 0 Å². The summed E-state index contributed by atoms with van der Waals surface area (Å²) in [6, 6.07) is 15.0. The molecule has 0 aromatic heterocycles. The lowest BCUT2D eigenvalue weighted by Gasteiger charge is -2.26. The Hall–Kier alpha value is -1.89. The van der Waals surface area contributed by atoms with Crippen molar-refractivity contribution in [3.63, 3.8) is 0 Å². The largest absolute Gasteiger partial charge is 0.489 e. The van der Waals surface area contributed by atoms with E-state index in [4.69, 9.17) is 9.47 Å². The summed E-state index contributed by atoms with van der Waals surface area (Å²) < 4.78 is 37.7. The fourth-order valence-electron chi connectivity index (χ4n) is 2.91. The average Bonchev–Trinajstić information content (AvgIpc) is 2.67. The highest BCUT2D eigenvalue weighted by molar-refractivity contribution is 7.89. The molecular weight excluding hydrogens is 362 g/mol. The van der Waals surface area contributed by atoms with Crippen LogP contribution in [-0.2, 0) is 26.8 Å². The van der Waals surface area contributed by atoms with Gasteiger partial charge in [0.25, 0.3) is 0 Å². The van der Waals surface area contributed by atoms with Gasteiger partial charge in [-0.15, -0.1) is 0 Å². The van der Waals surface area contributed by atoms with Crippen LogP contribution in [0.5, 0.6) is 5.75 Å². The zero-order chi connectivity index (χ0) is 19.5. The molecule has 2 aromatic carbocycles. The molecule has 0 N–H and O–H groups in total. The first-order valence-electron chi connectivity index (χ1n) is 9.17. The van der Waals surface area contributed by atoms with Crippen LogP contribution in [0.3, 0.4) is 0 Å². The first-order valence-corrected chi connectivity index (χ1v) is 10.6. The first kappa shape index (κ1) is 19.9. The molecule has 1 fully saturated rings. The molecule has 0 spiro atoms. The van der Waals surface area contributed by atoms with Crippen LogP contribution < -0.4 is 4.74 Å². The number of rotatable bonds is 5. The number of benzene rings is 2. The van der Waals surface area contributed by atoms with E-state index in [9.17, 15) is 8.42 Å². The molecule has 1 heterocycles. The van der Waals surface area contributed by atoms with Crippen molar-refractivity contribution < 1.29 is 17.9 Å². The Kier molecular flexibility index (Phi) is 5.89. The Morgan fingerprint density at radius 3 is 2.11 bits per heavy atom. The van der Waals surface area contributed by atoms with E-state index in [0.717, 1.165) is 5.56 Å². The van der Waals surface area contributed by atoms with Crippen molar-refractivity contribution in [3.05, 3.63) is 59.7 Å². The monoisotopic (exact) mass is 389 g/mol. The van der Waals surface area contributed by atoms with Gasteiger partial charge in [0, 0.05) is 13.1 Å². The van der Waals surface area contributed by atoms with Crippen LogP contribution in [0.4, 0.5) is 0 Å². The van der Waals surface area contributed by atoms with Crippen LogP contribution in [0.15, 0.2) is 53.4 Å². The fourth-order valence-corrected chi connectivity index (χ4v) is 4.32. The van der Waals surface area contributed by atoms with Gasteiger partial charge in [-0.1, -0.05) is 45.0 Å². The van der Waals surface area contributed by atoms with Crippen molar-refractivity contribution in [2.24, 2.45) is 0 Å². The molecule has 0 unspecified atom stereocenters. The van der Waals surface area contributed by atoms with Crippen LogP contribution in [0.2, 0.25) is 0 Å². The van der Waals surface area contributed by atoms with Crippen molar-refractivity contribution in [2.75, 3.05) is 26.3 Å². The van der Waals surface area contributed by atoms with Gasteiger partial charge in [0.2, 0.25) is 10.0 Å². The quantitative estimate of drug-likeness (QED) is 0.784. The maximum absolute atomic E-state index is 12.6. The first-order chi connectivity index (χ1) is 12.8. The average molecular weight is 390 g/mol. The molecule has 1 saturated heterocycles. The topological polar surface area (TPSA) is 55.8 Å². The van der Waals surface area contributed by atoms with Crippen LogP contribution in [0.25, 0.3) is 0 Å². The van der Waals surface area contributed by atoms with Crippen molar-refractivity contribution in [1.29, 1.82) is 0 Å². The summed E-state index contributed by atoms with van der Waals surface area (Å²) in [6.07, 6.45) is 0. The molecule has 0 amide bonds. The Balaban J connectivity index is 1.62. The lowest BCUT2D eigenvalue weighted by Crippen LogP contribution is -2.40. The molecule has 0 aliphatic carbocycles. The number of hydrogen-bond acceptors (Lipinski definition) is 4. The lowest BCUT2D eigenvalue weighted by atomic mass is 9.87. The van der Waals surface area contributed by atoms with E-state index in [1.165, 1.54) is 9.87 Å². The van der Waals surface area contributed by atoms with Crippen molar-refractivity contribution in [3.8, 4) is 5.75 Å². The van der Waals surface area contributed by atoms with E-state index in [0.29, 0.717) is 38.7 Å². The van der Waals surface area contributed by atoms with E-state index < -0.39 is 10.0 Å². The predicted octanol–water partition coefficient (Wildman–Crippen LogP) is 3.58. The van der Waals surface area contributed by atoms with Gasteiger partial charge in [0.1, 0.15) is 12.4 Å². The minimum atomic E-state index is -3.47. The molecule has 5 nitrogen and oxygen atoms in total. The van der Waals surface area contributed by atoms with Gasteiger partial charge in [-0.3, -0.25) is 0 Å². The number of nitrogens with zero attached hydrogens (tertiary/aromatic N) is 1. The molecule has 6 heteroatoms. The van der Waals surface area contributed by atoms with Gasteiger partial charge in [0.05, 0.1) is 18.1 Å². The van der Waals surface area contributed by atoms with E-state index in [-0.39, 0.29) is 10.3 Å². The highest BCUT2D eigenvalue weighted by Gasteiger charge is 2.26. The molecule has 0 saturated carbocycles. The second-order valence-corrected chi connectivity index (χ2v) is 9.66. The third-order valence-electron chi connectivity index (χ3n) is 4.66. The molecule has 146 valence electrons. The Labute approximate surface area is 162 Å². The molecule has 0 radical (unpaired) electrons. The van der Waals surface area contributed by atoms with Crippen LogP contribution in [0, 0.1) is 0 Å². The maximum Gasteiger partial charge on any atom is 0.243 e. The van der Waals surface area contributed by atoms with Gasteiger partial charge in [-0.25, -0.2) is 8.42 Å². The second kappa shape index (κ2) is 8.00. The molecular formula is C21H27NO4S. The zero-order valence-corrected chi connectivity index (χ0v) is 17.0. The predicted molar refractivity (Wildman–Crippen MR) is 105 cm³/mol. The number of hydrogen-bond donors (Lipinski definition) is 0. The highest BCUT2D eigenvalue weighted by Crippen LogP contribution is 2.24. The van der Waals surface area contributed by atoms with Crippen molar-refractivity contribution in [1.82, 2.24) is 4.31 Å². The zero-order valence-electron chi connectivity index (χ0n) is 16.1. The Bertz CT molecular complexity index is 847. The Morgan fingerprint density at radius 1 is 0.963 bits per heavy atom. The van der Waals surface area contributed by atoms with Gasteiger partial charge in [0.15, 0.2) is 0 Å². The highest BCUT2D eigenvalue weighted by atomic mass is 32.2. The summed E-state index contributed by atoms with van der Waals surface area (Å²) in [5.41, 5.74) is 2.48. The molecule has 1 aliphatic rings. The normalized spacial score (nSPS) is 16.3. The second-order valence-electron chi connectivity index (χ2n) is 7.72. The smallest absolute Gasteiger partial charge is 0.243 e. The SMILES string of the molecule is CC(C)(C)c1ccc(COc2ccc(S(=O)(=O)N3CCOCC3)cc2)cc1. The minimum absolute atomic E-state index is 0.126. The van der Waals surface area contributed by atoms with Crippen LogP contribution in [-0.4, -0.2) is 39.0 Å². The van der Waals surface area contributed by atoms with E-state index in [2.05, 4.69) is 45.0 Å². The van der Waals surface area contributed by atoms with E-state index >= 15 is 0 Å². The summed E-state index contributed by atoms with van der Waals surface area (Å²) in [7, 11) is -3.47. The van der Waals surface area contributed by atoms with Crippen molar-refractivity contribution in [2.45, 2.75) is 37.7 Å². The summed E-state index contributed by atoms with van der Waals surface area (Å²) in [5, 5.41) is 0. The van der Waals surface area contributed by atoms with Gasteiger partial charge < -0.3 is 9.47 Å². The third-order valence-corrected chi connectivity index (χ3v) is 6.57. The number of ether oxygens (including phenoxy) is 2. The van der Waals surface area contributed by atoms with Gasteiger partial charge in [-0.05, 0) is 40.8 Å². The Morgan fingerprint density at radius 2 is 1.56 bits per heavy atom. The number of sulfonamides is 1. The van der Waals surface area contributed by atoms with E-state index in [1.54, 1.807) is 24.3 Å². The van der Waals surface area contributed by atoms with Crippen LogP contribution >= 0.6 is 0 Å². The minimum Gasteiger partial charge on any atom is -0.489 e. The molecule has 0 bridgehead atoms. The summed E-state index contributed by atoms with van der Waals surface area (Å²) in [6.45, 7) is 8.67.